The van der Waals surface area contributed by atoms with Crippen molar-refractivity contribution >= 4 is 28.3 Å². The second-order valence-corrected chi connectivity index (χ2v) is 6.76. The van der Waals surface area contributed by atoms with Crippen LogP contribution in [0.3, 0.4) is 0 Å². The Morgan fingerprint density at radius 1 is 1.21 bits per heavy atom. The van der Waals surface area contributed by atoms with E-state index in [2.05, 4.69) is 15.3 Å². The van der Waals surface area contributed by atoms with Gasteiger partial charge in [-0.1, -0.05) is 12.1 Å². The third kappa shape index (κ3) is 3.22. The fourth-order valence-corrected chi connectivity index (χ4v) is 3.41. The van der Waals surface area contributed by atoms with Gasteiger partial charge in [0.05, 0.1) is 24.1 Å². The molecular formula is C20H21N5O3. The highest BCUT2D eigenvalue weighted by molar-refractivity contribution is 5.96. The van der Waals surface area contributed by atoms with E-state index in [1.165, 1.54) is 10.9 Å². The van der Waals surface area contributed by atoms with E-state index < -0.39 is 0 Å². The van der Waals surface area contributed by atoms with E-state index in [1.54, 1.807) is 18.0 Å². The van der Waals surface area contributed by atoms with Crippen LogP contribution in [0.25, 0.3) is 22.2 Å². The SMILES string of the molecule is Cn1cnc2cc(-c3ccc(N4CCCC4=O)cc3)nc(NCCO)c2c1=O. The molecule has 8 heteroatoms. The molecular weight excluding hydrogens is 358 g/mol. The number of nitrogens with one attached hydrogen (secondary N) is 1. The van der Waals surface area contributed by atoms with Crippen LogP contribution in [0.1, 0.15) is 12.8 Å². The quantitative estimate of drug-likeness (QED) is 0.697. The van der Waals surface area contributed by atoms with Crippen molar-refractivity contribution in [1.82, 2.24) is 14.5 Å². The summed E-state index contributed by atoms with van der Waals surface area (Å²) < 4.78 is 1.40. The van der Waals surface area contributed by atoms with Crippen molar-refractivity contribution in [2.24, 2.45) is 7.05 Å². The van der Waals surface area contributed by atoms with E-state index in [9.17, 15) is 9.59 Å². The number of benzene rings is 1. The number of nitrogens with zero attached hydrogens (tertiary/aromatic N) is 4. The maximum Gasteiger partial charge on any atom is 0.264 e. The van der Waals surface area contributed by atoms with E-state index in [0.29, 0.717) is 28.8 Å². The molecule has 0 bridgehead atoms. The fraction of sp³-hybridized carbons (Fsp3) is 0.300. The van der Waals surface area contributed by atoms with Gasteiger partial charge in [-0.2, -0.15) is 0 Å². The summed E-state index contributed by atoms with van der Waals surface area (Å²) in [6.07, 6.45) is 2.95. The lowest BCUT2D eigenvalue weighted by Crippen LogP contribution is -2.23. The van der Waals surface area contributed by atoms with Crippen molar-refractivity contribution in [3.8, 4) is 11.3 Å². The minimum Gasteiger partial charge on any atom is -0.395 e. The lowest BCUT2D eigenvalue weighted by Gasteiger charge is -2.16. The van der Waals surface area contributed by atoms with Gasteiger partial charge in [0.2, 0.25) is 5.91 Å². The summed E-state index contributed by atoms with van der Waals surface area (Å²) in [5.74, 6) is 0.543. The average molecular weight is 379 g/mol. The van der Waals surface area contributed by atoms with Gasteiger partial charge in [0.1, 0.15) is 11.2 Å². The smallest absolute Gasteiger partial charge is 0.264 e. The molecule has 3 heterocycles. The van der Waals surface area contributed by atoms with Crippen LogP contribution in [0, 0.1) is 0 Å². The van der Waals surface area contributed by atoms with Gasteiger partial charge < -0.3 is 19.9 Å². The summed E-state index contributed by atoms with van der Waals surface area (Å²) in [6.45, 7) is 0.945. The Morgan fingerprint density at radius 2 is 2.00 bits per heavy atom. The van der Waals surface area contributed by atoms with Gasteiger partial charge >= 0.3 is 0 Å². The average Bonchev–Trinajstić information content (AvgIpc) is 3.14. The molecule has 4 rings (SSSR count). The van der Waals surface area contributed by atoms with Crippen LogP contribution in [0.15, 0.2) is 41.5 Å². The predicted octanol–water partition coefficient (Wildman–Crippen LogP) is 1.53. The molecule has 0 radical (unpaired) electrons. The summed E-state index contributed by atoms with van der Waals surface area (Å²) in [5.41, 5.74) is 2.72. The number of amides is 1. The van der Waals surface area contributed by atoms with Crippen LogP contribution >= 0.6 is 0 Å². The van der Waals surface area contributed by atoms with Crippen LogP contribution in [-0.4, -0.2) is 45.2 Å². The number of carbonyl (C=O) groups is 1. The highest BCUT2D eigenvalue weighted by Crippen LogP contribution is 2.28. The Morgan fingerprint density at radius 3 is 2.68 bits per heavy atom. The molecule has 0 atom stereocenters. The molecule has 8 nitrogen and oxygen atoms in total. The summed E-state index contributed by atoms with van der Waals surface area (Å²) in [5, 5.41) is 12.5. The highest BCUT2D eigenvalue weighted by Gasteiger charge is 2.21. The van der Waals surface area contributed by atoms with E-state index in [0.717, 1.165) is 24.2 Å². The number of pyridine rings is 1. The summed E-state index contributed by atoms with van der Waals surface area (Å²) in [7, 11) is 1.64. The van der Waals surface area contributed by atoms with Gasteiger partial charge in [0.25, 0.3) is 5.56 Å². The molecule has 0 aliphatic carbocycles. The number of carbonyl (C=O) groups excluding carboxylic acids is 1. The lowest BCUT2D eigenvalue weighted by molar-refractivity contribution is -0.117. The second-order valence-electron chi connectivity index (χ2n) is 6.76. The molecule has 1 saturated heterocycles. The van der Waals surface area contributed by atoms with Gasteiger partial charge in [0, 0.05) is 37.8 Å². The molecule has 0 saturated carbocycles. The maximum atomic E-state index is 12.5. The highest BCUT2D eigenvalue weighted by atomic mass is 16.3. The first kappa shape index (κ1) is 18.1. The fourth-order valence-electron chi connectivity index (χ4n) is 3.41. The van der Waals surface area contributed by atoms with Crippen molar-refractivity contribution in [3.63, 3.8) is 0 Å². The number of fused-ring (bicyclic) bond motifs is 1. The largest absolute Gasteiger partial charge is 0.395 e. The minimum atomic E-state index is -0.201. The molecule has 28 heavy (non-hydrogen) atoms. The molecule has 0 unspecified atom stereocenters. The van der Waals surface area contributed by atoms with Crippen LogP contribution in [0.5, 0.6) is 0 Å². The third-order valence-corrected chi connectivity index (χ3v) is 4.86. The van der Waals surface area contributed by atoms with Crippen molar-refractivity contribution in [3.05, 3.63) is 47.0 Å². The zero-order valence-corrected chi connectivity index (χ0v) is 15.6. The molecule has 1 aliphatic heterocycles. The molecule has 1 aliphatic rings. The van der Waals surface area contributed by atoms with Crippen molar-refractivity contribution < 1.29 is 9.90 Å². The first-order chi connectivity index (χ1) is 13.6. The van der Waals surface area contributed by atoms with Crippen LogP contribution in [0.4, 0.5) is 11.5 Å². The number of hydrogen-bond acceptors (Lipinski definition) is 6. The molecule has 0 spiro atoms. The zero-order valence-electron chi connectivity index (χ0n) is 15.6. The Labute approximate surface area is 161 Å². The zero-order chi connectivity index (χ0) is 19.7. The van der Waals surface area contributed by atoms with Crippen molar-refractivity contribution in [2.75, 3.05) is 29.9 Å². The predicted molar refractivity (Wildman–Crippen MR) is 107 cm³/mol. The van der Waals surface area contributed by atoms with E-state index in [-0.39, 0.29) is 24.6 Å². The second kappa shape index (κ2) is 7.40. The molecule has 2 aromatic heterocycles. The summed E-state index contributed by atoms with van der Waals surface area (Å²) in [6, 6.07) is 9.40. The maximum absolute atomic E-state index is 12.5. The topological polar surface area (TPSA) is 100 Å². The number of hydrogen-bond donors (Lipinski definition) is 2. The van der Waals surface area contributed by atoms with E-state index in [4.69, 9.17) is 5.11 Å². The van der Waals surface area contributed by atoms with Gasteiger partial charge in [-0.3, -0.25) is 9.59 Å². The molecule has 3 aromatic rings. The summed E-state index contributed by atoms with van der Waals surface area (Å²) in [4.78, 5) is 35.2. The van der Waals surface area contributed by atoms with Gasteiger partial charge in [-0.05, 0) is 24.6 Å². The molecule has 1 aromatic carbocycles. The van der Waals surface area contributed by atoms with Crippen LogP contribution in [-0.2, 0) is 11.8 Å². The Kier molecular flexibility index (Phi) is 4.79. The molecule has 144 valence electrons. The molecule has 2 N–H and O–H groups in total. The molecule has 1 fully saturated rings. The number of anilines is 2. The first-order valence-electron chi connectivity index (χ1n) is 9.20. The number of rotatable bonds is 5. The van der Waals surface area contributed by atoms with Crippen molar-refractivity contribution in [2.45, 2.75) is 12.8 Å². The lowest BCUT2D eigenvalue weighted by atomic mass is 10.1. The van der Waals surface area contributed by atoms with E-state index >= 15 is 0 Å². The van der Waals surface area contributed by atoms with E-state index in [1.807, 2.05) is 24.3 Å². The minimum absolute atomic E-state index is 0.0768. The van der Waals surface area contributed by atoms with Crippen LogP contribution in [0.2, 0.25) is 0 Å². The van der Waals surface area contributed by atoms with Gasteiger partial charge in [-0.25, -0.2) is 9.97 Å². The van der Waals surface area contributed by atoms with Crippen LogP contribution < -0.4 is 15.8 Å². The van der Waals surface area contributed by atoms with Gasteiger partial charge in [-0.15, -0.1) is 0 Å². The first-order valence-corrected chi connectivity index (χ1v) is 9.20. The standard InChI is InChI=1S/C20H21N5O3/c1-24-12-22-16-11-15(23-19(21-8-10-26)18(16)20(24)28)13-4-6-14(7-5-13)25-9-2-3-17(25)27/h4-7,11-12,26H,2-3,8-10H2,1H3,(H,21,23). The third-order valence-electron chi connectivity index (χ3n) is 4.86. The Hall–Kier alpha value is -3.26. The van der Waals surface area contributed by atoms with Crippen molar-refractivity contribution in [1.29, 1.82) is 0 Å². The molecule has 1 amide bonds. The number of aryl methyl sites for hydroxylation is 1. The monoisotopic (exact) mass is 379 g/mol. The normalized spacial score (nSPS) is 14.1. The Balaban J connectivity index is 1.77. The summed E-state index contributed by atoms with van der Waals surface area (Å²) >= 11 is 0. The van der Waals surface area contributed by atoms with Gasteiger partial charge in [0.15, 0.2) is 0 Å². The Bertz CT molecular complexity index is 1090. The number of aliphatic hydroxyl groups excluding tert-OH is 1. The number of aliphatic hydroxyl groups is 1. The number of aromatic nitrogens is 3.